The van der Waals surface area contributed by atoms with E-state index in [2.05, 4.69) is 34.4 Å². The molecule has 0 aliphatic rings. The third kappa shape index (κ3) is 6.55. The lowest BCUT2D eigenvalue weighted by Crippen LogP contribution is -2.26. The van der Waals surface area contributed by atoms with Crippen molar-refractivity contribution in [1.82, 2.24) is 15.6 Å². The third-order valence-corrected chi connectivity index (χ3v) is 5.28. The van der Waals surface area contributed by atoms with Gasteiger partial charge in [0.2, 0.25) is 0 Å². The molecule has 1 aromatic heterocycles. The number of pyridine rings is 1. The zero-order valence-electron chi connectivity index (χ0n) is 19.3. The molecular formula is C26H30N4O3. The van der Waals surface area contributed by atoms with Crippen LogP contribution in [0.25, 0.3) is 0 Å². The molecule has 2 aromatic carbocycles. The molecule has 3 aromatic rings. The molecular weight excluding hydrogens is 416 g/mol. The van der Waals surface area contributed by atoms with Crippen molar-refractivity contribution in [2.45, 2.75) is 20.3 Å². The second-order valence-corrected chi connectivity index (χ2v) is 7.43. The van der Waals surface area contributed by atoms with E-state index in [1.807, 2.05) is 48.5 Å². The van der Waals surface area contributed by atoms with Gasteiger partial charge in [0.25, 0.3) is 11.8 Å². The lowest BCUT2D eigenvalue weighted by atomic mass is 10.1. The van der Waals surface area contributed by atoms with Gasteiger partial charge in [0, 0.05) is 50.2 Å². The van der Waals surface area contributed by atoms with Crippen LogP contribution >= 0.6 is 0 Å². The van der Waals surface area contributed by atoms with Gasteiger partial charge in [-0.2, -0.15) is 0 Å². The molecule has 0 fully saturated rings. The number of hydrogen-bond donors (Lipinski definition) is 2. The third-order valence-electron chi connectivity index (χ3n) is 5.28. The molecule has 0 spiro atoms. The van der Waals surface area contributed by atoms with Gasteiger partial charge in [-0.05, 0) is 68.3 Å². The maximum absolute atomic E-state index is 12.5. The smallest absolute Gasteiger partial charge is 0.269 e. The zero-order valence-corrected chi connectivity index (χ0v) is 19.3. The van der Waals surface area contributed by atoms with Gasteiger partial charge in [-0.1, -0.05) is 12.1 Å². The molecule has 2 amide bonds. The molecule has 0 aliphatic carbocycles. The standard InChI is InChI=1S/C26H30N4O3/c1-4-30(5-2)21-11-9-20(10-12-21)25(31)29-15-13-19-7-6-8-22(17-19)33-23-14-16-28-24(18-23)26(32)27-3/h6-12,14,16-18H,4-5,13,15H2,1-3H3,(H,27,32)(H,29,31). The largest absolute Gasteiger partial charge is 0.457 e. The van der Waals surface area contributed by atoms with Crippen molar-refractivity contribution in [2.75, 3.05) is 31.6 Å². The maximum atomic E-state index is 12.5. The fourth-order valence-corrected chi connectivity index (χ4v) is 3.46. The van der Waals surface area contributed by atoms with Crippen LogP contribution in [-0.2, 0) is 6.42 Å². The minimum Gasteiger partial charge on any atom is -0.457 e. The van der Waals surface area contributed by atoms with Crippen molar-refractivity contribution in [2.24, 2.45) is 0 Å². The predicted molar refractivity (Wildman–Crippen MR) is 130 cm³/mol. The summed E-state index contributed by atoms with van der Waals surface area (Å²) in [5.74, 6) is 0.821. The molecule has 172 valence electrons. The molecule has 0 saturated carbocycles. The molecule has 0 aliphatic heterocycles. The topological polar surface area (TPSA) is 83.6 Å². The van der Waals surface area contributed by atoms with Crippen molar-refractivity contribution in [3.63, 3.8) is 0 Å². The summed E-state index contributed by atoms with van der Waals surface area (Å²) in [5, 5.41) is 5.52. The predicted octanol–water partition coefficient (Wildman–Crippen LogP) is 4.05. The van der Waals surface area contributed by atoms with E-state index in [1.165, 1.54) is 6.20 Å². The first-order chi connectivity index (χ1) is 16.0. The van der Waals surface area contributed by atoms with Crippen LogP contribution in [0.4, 0.5) is 5.69 Å². The summed E-state index contributed by atoms with van der Waals surface area (Å²) in [6, 6.07) is 18.6. The zero-order chi connectivity index (χ0) is 23.6. The van der Waals surface area contributed by atoms with Crippen LogP contribution < -0.4 is 20.3 Å². The maximum Gasteiger partial charge on any atom is 0.269 e. The van der Waals surface area contributed by atoms with Gasteiger partial charge < -0.3 is 20.3 Å². The van der Waals surface area contributed by atoms with Crippen LogP contribution in [0.3, 0.4) is 0 Å². The summed E-state index contributed by atoms with van der Waals surface area (Å²) in [7, 11) is 1.56. The molecule has 0 bridgehead atoms. The molecule has 3 rings (SSSR count). The minimum atomic E-state index is -0.271. The van der Waals surface area contributed by atoms with E-state index in [9.17, 15) is 9.59 Å². The highest BCUT2D eigenvalue weighted by Gasteiger charge is 2.09. The number of ether oxygens (including phenoxy) is 1. The lowest BCUT2D eigenvalue weighted by Gasteiger charge is -2.21. The van der Waals surface area contributed by atoms with Crippen LogP contribution in [0.2, 0.25) is 0 Å². The Hall–Kier alpha value is -3.87. The highest BCUT2D eigenvalue weighted by molar-refractivity contribution is 5.94. The number of anilines is 1. The number of rotatable bonds is 10. The van der Waals surface area contributed by atoms with Gasteiger partial charge in [-0.15, -0.1) is 0 Å². The number of nitrogens with zero attached hydrogens (tertiary/aromatic N) is 2. The second kappa shape index (κ2) is 11.7. The Labute approximate surface area is 194 Å². The molecule has 1 heterocycles. The number of hydrogen-bond acceptors (Lipinski definition) is 5. The molecule has 33 heavy (non-hydrogen) atoms. The highest BCUT2D eigenvalue weighted by atomic mass is 16.5. The van der Waals surface area contributed by atoms with Crippen molar-refractivity contribution in [3.8, 4) is 11.5 Å². The molecule has 2 N–H and O–H groups in total. The van der Waals surface area contributed by atoms with Crippen LogP contribution in [0.5, 0.6) is 11.5 Å². The molecule has 0 radical (unpaired) electrons. The first kappa shape index (κ1) is 23.8. The van der Waals surface area contributed by atoms with Crippen LogP contribution in [0.15, 0.2) is 66.9 Å². The fourth-order valence-electron chi connectivity index (χ4n) is 3.46. The summed E-state index contributed by atoms with van der Waals surface area (Å²) in [6.07, 6.45) is 2.20. The Morgan fingerprint density at radius 2 is 1.67 bits per heavy atom. The van der Waals surface area contributed by atoms with E-state index in [-0.39, 0.29) is 11.8 Å². The van der Waals surface area contributed by atoms with Crippen LogP contribution in [-0.4, -0.2) is 43.5 Å². The van der Waals surface area contributed by atoms with Gasteiger partial charge in [-0.25, -0.2) is 0 Å². The molecule has 7 heteroatoms. The first-order valence-corrected chi connectivity index (χ1v) is 11.1. The normalized spacial score (nSPS) is 10.4. The van der Waals surface area contributed by atoms with E-state index in [4.69, 9.17) is 4.74 Å². The Morgan fingerprint density at radius 1 is 0.939 bits per heavy atom. The van der Waals surface area contributed by atoms with Gasteiger partial charge in [0.05, 0.1) is 0 Å². The van der Waals surface area contributed by atoms with E-state index in [0.29, 0.717) is 35.7 Å². The quantitative estimate of drug-likeness (QED) is 0.491. The first-order valence-electron chi connectivity index (χ1n) is 11.1. The number of nitrogens with one attached hydrogen (secondary N) is 2. The minimum absolute atomic E-state index is 0.0907. The van der Waals surface area contributed by atoms with Crippen molar-refractivity contribution in [3.05, 3.63) is 83.7 Å². The lowest BCUT2D eigenvalue weighted by molar-refractivity contribution is 0.0947. The number of aromatic nitrogens is 1. The van der Waals surface area contributed by atoms with Crippen LogP contribution in [0, 0.1) is 0 Å². The fraction of sp³-hybridized carbons (Fsp3) is 0.269. The average molecular weight is 447 g/mol. The summed E-state index contributed by atoms with van der Waals surface area (Å²) in [4.78, 5) is 30.5. The van der Waals surface area contributed by atoms with Crippen LogP contribution in [0.1, 0.15) is 40.3 Å². The Kier molecular flexibility index (Phi) is 8.41. The summed E-state index contributed by atoms with van der Waals surface area (Å²) in [6.45, 7) is 6.60. The number of amides is 2. The van der Waals surface area contributed by atoms with Gasteiger partial charge >= 0.3 is 0 Å². The van der Waals surface area contributed by atoms with E-state index in [0.717, 1.165) is 24.3 Å². The Balaban J connectivity index is 1.55. The SMILES string of the molecule is CCN(CC)c1ccc(C(=O)NCCc2cccc(Oc3ccnc(C(=O)NC)c3)c2)cc1. The second-order valence-electron chi connectivity index (χ2n) is 7.43. The molecule has 0 unspecified atom stereocenters. The van der Waals surface area contributed by atoms with E-state index in [1.54, 1.807) is 19.2 Å². The van der Waals surface area contributed by atoms with Gasteiger partial charge in [0.15, 0.2) is 0 Å². The Bertz CT molecular complexity index is 1080. The summed E-state index contributed by atoms with van der Waals surface area (Å²) < 4.78 is 5.89. The summed E-state index contributed by atoms with van der Waals surface area (Å²) >= 11 is 0. The molecule has 7 nitrogen and oxygen atoms in total. The number of benzene rings is 2. The van der Waals surface area contributed by atoms with Crippen molar-refractivity contribution < 1.29 is 14.3 Å². The number of carbonyl (C=O) groups is 2. The number of carbonyl (C=O) groups excluding carboxylic acids is 2. The van der Waals surface area contributed by atoms with Crippen molar-refractivity contribution >= 4 is 17.5 Å². The molecule has 0 atom stereocenters. The van der Waals surface area contributed by atoms with Gasteiger partial charge in [-0.3, -0.25) is 14.6 Å². The Morgan fingerprint density at radius 3 is 2.36 bits per heavy atom. The highest BCUT2D eigenvalue weighted by Crippen LogP contribution is 2.22. The van der Waals surface area contributed by atoms with E-state index < -0.39 is 0 Å². The monoisotopic (exact) mass is 446 g/mol. The van der Waals surface area contributed by atoms with E-state index >= 15 is 0 Å². The average Bonchev–Trinajstić information content (AvgIpc) is 2.85. The molecule has 0 saturated heterocycles. The van der Waals surface area contributed by atoms with Crippen molar-refractivity contribution in [1.29, 1.82) is 0 Å². The van der Waals surface area contributed by atoms with Gasteiger partial charge in [0.1, 0.15) is 17.2 Å². The summed E-state index contributed by atoms with van der Waals surface area (Å²) in [5.41, 5.74) is 3.09.